The second-order valence-electron chi connectivity index (χ2n) is 6.53. The van der Waals surface area contributed by atoms with E-state index in [0.717, 1.165) is 19.5 Å². The van der Waals surface area contributed by atoms with Crippen molar-refractivity contribution >= 4 is 22.5 Å². The Bertz CT molecular complexity index is 774. The number of likely N-dealkylation sites (tertiary alicyclic amines) is 1. The molecule has 3 atom stereocenters. The summed E-state index contributed by atoms with van der Waals surface area (Å²) in [6.07, 6.45) is 2.37. The van der Waals surface area contributed by atoms with Crippen LogP contribution in [-0.2, 0) is 6.54 Å². The van der Waals surface area contributed by atoms with Crippen molar-refractivity contribution in [3.63, 3.8) is 0 Å². The molecule has 2 aromatic rings. The van der Waals surface area contributed by atoms with Gasteiger partial charge in [-0.15, -0.1) is 0 Å². The first kappa shape index (κ1) is 14.2. The molecule has 0 bridgehead atoms. The first-order valence-electron chi connectivity index (χ1n) is 7.76. The van der Waals surface area contributed by atoms with Gasteiger partial charge in [0.1, 0.15) is 5.82 Å². The van der Waals surface area contributed by atoms with Gasteiger partial charge in [0.05, 0.1) is 17.4 Å². The summed E-state index contributed by atoms with van der Waals surface area (Å²) in [6.45, 7) is 2.74. The van der Waals surface area contributed by atoms with Crippen molar-refractivity contribution in [2.75, 3.05) is 13.1 Å². The fourth-order valence-electron chi connectivity index (χ4n) is 3.97. The zero-order valence-corrected chi connectivity index (χ0v) is 13.0. The molecule has 1 aromatic carbocycles. The summed E-state index contributed by atoms with van der Waals surface area (Å²) in [7, 11) is 0. The van der Waals surface area contributed by atoms with E-state index in [0.29, 0.717) is 46.2 Å². The average molecular weight is 319 g/mol. The molecule has 1 aliphatic carbocycles. The average Bonchev–Trinajstić information content (AvgIpc) is 3.02. The summed E-state index contributed by atoms with van der Waals surface area (Å²) in [6, 6.07) is 5.55. The lowest BCUT2D eigenvalue weighted by Gasteiger charge is -2.17. The molecule has 0 amide bonds. The Kier molecular flexibility index (Phi) is 3.44. The third kappa shape index (κ3) is 2.43. The minimum atomic E-state index is -0.126. The lowest BCUT2D eigenvalue weighted by atomic mass is 9.98. The van der Waals surface area contributed by atoms with Crippen LogP contribution in [0.15, 0.2) is 23.0 Å². The van der Waals surface area contributed by atoms with Crippen LogP contribution in [0.3, 0.4) is 0 Å². The van der Waals surface area contributed by atoms with Crippen molar-refractivity contribution in [3.05, 3.63) is 39.4 Å². The molecular weight excluding hydrogens is 300 g/mol. The van der Waals surface area contributed by atoms with Crippen molar-refractivity contribution in [1.29, 1.82) is 0 Å². The van der Waals surface area contributed by atoms with Crippen molar-refractivity contribution in [3.8, 4) is 0 Å². The number of aromatic amines is 1. The van der Waals surface area contributed by atoms with Gasteiger partial charge in [-0.3, -0.25) is 9.69 Å². The molecule has 3 N–H and O–H groups in total. The number of halogens is 1. The smallest absolute Gasteiger partial charge is 0.258 e. The highest BCUT2D eigenvalue weighted by atomic mass is 35.5. The summed E-state index contributed by atoms with van der Waals surface area (Å²) < 4.78 is 0. The minimum Gasteiger partial charge on any atom is -0.327 e. The Morgan fingerprint density at radius 2 is 2.23 bits per heavy atom. The van der Waals surface area contributed by atoms with Gasteiger partial charge in [0.15, 0.2) is 0 Å². The molecule has 1 aromatic heterocycles. The highest BCUT2D eigenvalue weighted by molar-refractivity contribution is 6.31. The molecule has 1 aliphatic heterocycles. The number of benzene rings is 1. The standard InChI is InChI=1S/C16H19ClN4O/c17-10-2-4-14-11(5-10)16(22)20-15(19-14)8-21-6-9-1-3-13(18)12(9)7-21/h2,4-5,9,12-13H,1,3,6-8,18H2,(H,19,20,22). The topological polar surface area (TPSA) is 75.0 Å². The number of aromatic nitrogens is 2. The Hall–Kier alpha value is -1.43. The van der Waals surface area contributed by atoms with E-state index in [2.05, 4.69) is 14.9 Å². The van der Waals surface area contributed by atoms with E-state index in [9.17, 15) is 4.79 Å². The quantitative estimate of drug-likeness (QED) is 0.884. The third-order valence-electron chi connectivity index (χ3n) is 5.08. The van der Waals surface area contributed by atoms with Crippen LogP contribution in [0.5, 0.6) is 0 Å². The van der Waals surface area contributed by atoms with E-state index < -0.39 is 0 Å². The molecule has 1 saturated heterocycles. The Morgan fingerprint density at radius 3 is 3.05 bits per heavy atom. The molecule has 2 heterocycles. The second-order valence-corrected chi connectivity index (χ2v) is 6.97. The lowest BCUT2D eigenvalue weighted by molar-refractivity contribution is 0.291. The van der Waals surface area contributed by atoms with Crippen molar-refractivity contribution in [2.24, 2.45) is 17.6 Å². The summed E-state index contributed by atoms with van der Waals surface area (Å²) in [5.74, 6) is 2.03. The van der Waals surface area contributed by atoms with Gasteiger partial charge in [-0.1, -0.05) is 11.6 Å². The summed E-state index contributed by atoms with van der Waals surface area (Å²) in [5.41, 5.74) is 6.74. The molecule has 22 heavy (non-hydrogen) atoms. The van der Waals surface area contributed by atoms with Crippen LogP contribution in [0, 0.1) is 11.8 Å². The van der Waals surface area contributed by atoms with Crippen LogP contribution in [0.25, 0.3) is 10.9 Å². The maximum atomic E-state index is 12.2. The van der Waals surface area contributed by atoms with Crippen LogP contribution in [0.2, 0.25) is 5.02 Å². The summed E-state index contributed by atoms with van der Waals surface area (Å²) in [5, 5.41) is 1.09. The SMILES string of the molecule is NC1CCC2CN(Cc3nc4ccc(Cl)cc4c(=O)[nH]3)CC12. The highest BCUT2D eigenvalue weighted by Gasteiger charge is 2.40. The molecule has 6 heteroatoms. The van der Waals surface area contributed by atoms with Gasteiger partial charge in [-0.25, -0.2) is 4.98 Å². The molecule has 116 valence electrons. The predicted molar refractivity (Wildman–Crippen MR) is 86.8 cm³/mol. The number of rotatable bonds is 2. The Morgan fingerprint density at radius 1 is 1.36 bits per heavy atom. The van der Waals surface area contributed by atoms with E-state index in [-0.39, 0.29) is 5.56 Å². The maximum Gasteiger partial charge on any atom is 0.258 e. The molecular formula is C16H19ClN4O. The zero-order chi connectivity index (χ0) is 15.3. The van der Waals surface area contributed by atoms with Crippen LogP contribution in [0.1, 0.15) is 18.7 Å². The molecule has 1 saturated carbocycles. The number of fused-ring (bicyclic) bond motifs is 2. The summed E-state index contributed by atoms with van der Waals surface area (Å²) >= 11 is 5.94. The fraction of sp³-hybridized carbons (Fsp3) is 0.500. The van der Waals surface area contributed by atoms with Gasteiger partial charge in [-0.2, -0.15) is 0 Å². The van der Waals surface area contributed by atoms with Crippen molar-refractivity contribution in [1.82, 2.24) is 14.9 Å². The Balaban J connectivity index is 1.58. The second kappa shape index (κ2) is 5.33. The van der Waals surface area contributed by atoms with Gasteiger partial charge < -0.3 is 10.7 Å². The molecule has 2 aliphatic rings. The van der Waals surface area contributed by atoms with Crippen LogP contribution in [0.4, 0.5) is 0 Å². The minimum absolute atomic E-state index is 0.126. The highest BCUT2D eigenvalue weighted by Crippen LogP contribution is 2.37. The van der Waals surface area contributed by atoms with Gasteiger partial charge >= 0.3 is 0 Å². The molecule has 5 nitrogen and oxygen atoms in total. The van der Waals surface area contributed by atoms with E-state index in [1.165, 1.54) is 6.42 Å². The number of H-pyrrole nitrogens is 1. The maximum absolute atomic E-state index is 12.2. The van der Waals surface area contributed by atoms with E-state index in [1.54, 1.807) is 18.2 Å². The third-order valence-corrected chi connectivity index (χ3v) is 5.31. The molecule has 0 spiro atoms. The van der Waals surface area contributed by atoms with Gasteiger partial charge in [0, 0.05) is 24.2 Å². The molecule has 2 fully saturated rings. The van der Waals surface area contributed by atoms with E-state index in [1.807, 2.05) is 0 Å². The van der Waals surface area contributed by atoms with Crippen LogP contribution >= 0.6 is 11.6 Å². The molecule has 0 radical (unpaired) electrons. The largest absolute Gasteiger partial charge is 0.327 e. The lowest BCUT2D eigenvalue weighted by Crippen LogP contribution is -2.30. The number of hydrogen-bond donors (Lipinski definition) is 2. The van der Waals surface area contributed by atoms with E-state index in [4.69, 9.17) is 17.3 Å². The van der Waals surface area contributed by atoms with E-state index >= 15 is 0 Å². The van der Waals surface area contributed by atoms with Crippen LogP contribution in [-0.4, -0.2) is 34.0 Å². The van der Waals surface area contributed by atoms with Gasteiger partial charge in [0.2, 0.25) is 0 Å². The van der Waals surface area contributed by atoms with Crippen LogP contribution < -0.4 is 11.3 Å². The molecule has 4 rings (SSSR count). The van der Waals surface area contributed by atoms with Gasteiger partial charge in [-0.05, 0) is 42.9 Å². The van der Waals surface area contributed by atoms with Crippen molar-refractivity contribution < 1.29 is 0 Å². The first-order chi connectivity index (χ1) is 10.6. The molecule has 3 unspecified atom stereocenters. The predicted octanol–water partition coefficient (Wildman–Crippen LogP) is 1.75. The monoisotopic (exact) mass is 318 g/mol. The number of nitrogens with two attached hydrogens (primary N) is 1. The Labute approximate surface area is 133 Å². The number of nitrogens with one attached hydrogen (secondary N) is 1. The fourth-order valence-corrected chi connectivity index (χ4v) is 4.15. The van der Waals surface area contributed by atoms with Crippen molar-refractivity contribution in [2.45, 2.75) is 25.4 Å². The summed E-state index contributed by atoms with van der Waals surface area (Å²) in [4.78, 5) is 22.0. The number of hydrogen-bond acceptors (Lipinski definition) is 4. The zero-order valence-electron chi connectivity index (χ0n) is 12.3. The first-order valence-corrected chi connectivity index (χ1v) is 8.14. The number of nitrogens with zero attached hydrogens (tertiary/aromatic N) is 2. The van der Waals surface area contributed by atoms with Gasteiger partial charge in [0.25, 0.3) is 5.56 Å². The normalized spacial score (nSPS) is 28.4.